The zero-order chi connectivity index (χ0) is 15.2. The van der Waals surface area contributed by atoms with Crippen molar-refractivity contribution in [2.45, 2.75) is 13.5 Å². The van der Waals surface area contributed by atoms with Crippen LogP contribution in [-0.4, -0.2) is 12.6 Å². The fourth-order valence-electron chi connectivity index (χ4n) is 1.74. The van der Waals surface area contributed by atoms with Crippen molar-refractivity contribution in [2.75, 3.05) is 6.61 Å². The predicted molar refractivity (Wildman–Crippen MR) is 78.1 cm³/mol. The molecule has 110 valence electrons. The standard InChI is InChI=1S/C16H14ClFO3/c1-2-20-16(19)12-8-13(17)15(18)14(9-12)21-10-11-6-4-3-5-7-11/h3-9H,2,10H2,1H3. The Morgan fingerprint density at radius 3 is 2.62 bits per heavy atom. The van der Waals surface area contributed by atoms with Crippen LogP contribution in [0.3, 0.4) is 0 Å². The van der Waals surface area contributed by atoms with Gasteiger partial charge in [0, 0.05) is 0 Å². The Morgan fingerprint density at radius 1 is 1.24 bits per heavy atom. The van der Waals surface area contributed by atoms with Crippen LogP contribution in [0.25, 0.3) is 0 Å². The van der Waals surface area contributed by atoms with Gasteiger partial charge in [-0.3, -0.25) is 0 Å². The maximum atomic E-state index is 13.9. The Balaban J connectivity index is 2.20. The molecule has 0 aromatic heterocycles. The molecule has 0 fully saturated rings. The Labute approximate surface area is 127 Å². The molecule has 0 aliphatic heterocycles. The summed E-state index contributed by atoms with van der Waals surface area (Å²) in [5, 5.41) is -0.177. The molecule has 0 unspecified atom stereocenters. The summed E-state index contributed by atoms with van der Waals surface area (Å²) >= 11 is 5.78. The Hall–Kier alpha value is -2.07. The molecule has 21 heavy (non-hydrogen) atoms. The van der Waals surface area contributed by atoms with Crippen molar-refractivity contribution in [3.8, 4) is 5.75 Å². The average molecular weight is 309 g/mol. The van der Waals surface area contributed by atoms with Gasteiger partial charge in [0.25, 0.3) is 0 Å². The lowest BCUT2D eigenvalue weighted by atomic mass is 10.2. The maximum absolute atomic E-state index is 13.9. The second-order valence-electron chi connectivity index (χ2n) is 4.26. The number of esters is 1. The Bertz CT molecular complexity index is 629. The van der Waals surface area contributed by atoms with E-state index in [0.717, 1.165) is 5.56 Å². The quantitative estimate of drug-likeness (QED) is 0.775. The zero-order valence-corrected chi connectivity index (χ0v) is 12.2. The van der Waals surface area contributed by atoms with Crippen molar-refractivity contribution in [3.63, 3.8) is 0 Å². The third kappa shape index (κ3) is 3.95. The van der Waals surface area contributed by atoms with Crippen molar-refractivity contribution in [1.29, 1.82) is 0 Å². The largest absolute Gasteiger partial charge is 0.486 e. The molecule has 2 aromatic rings. The Kier molecular flexibility index (Phi) is 5.17. The number of carbonyl (C=O) groups excluding carboxylic acids is 1. The van der Waals surface area contributed by atoms with Crippen LogP contribution in [0.4, 0.5) is 4.39 Å². The number of halogens is 2. The van der Waals surface area contributed by atoms with Gasteiger partial charge in [-0.1, -0.05) is 41.9 Å². The molecule has 0 N–H and O–H groups in total. The van der Waals surface area contributed by atoms with E-state index in [1.807, 2.05) is 30.3 Å². The summed E-state index contributed by atoms with van der Waals surface area (Å²) in [6.45, 7) is 2.10. The van der Waals surface area contributed by atoms with Gasteiger partial charge in [-0.2, -0.15) is 0 Å². The number of benzene rings is 2. The van der Waals surface area contributed by atoms with Crippen LogP contribution >= 0.6 is 11.6 Å². The molecule has 0 amide bonds. The molecule has 0 aliphatic carbocycles. The summed E-state index contributed by atoms with van der Waals surface area (Å²) in [5.41, 5.74) is 1.04. The molecule has 0 saturated heterocycles. The summed E-state index contributed by atoms with van der Waals surface area (Å²) in [6, 6.07) is 11.8. The van der Waals surface area contributed by atoms with Crippen LogP contribution in [0.15, 0.2) is 42.5 Å². The topological polar surface area (TPSA) is 35.5 Å². The van der Waals surface area contributed by atoms with E-state index in [1.165, 1.54) is 12.1 Å². The number of ether oxygens (including phenoxy) is 2. The highest BCUT2D eigenvalue weighted by atomic mass is 35.5. The van der Waals surface area contributed by atoms with Crippen LogP contribution in [0.1, 0.15) is 22.8 Å². The first-order chi connectivity index (χ1) is 10.1. The van der Waals surface area contributed by atoms with Crippen LogP contribution in [0.2, 0.25) is 5.02 Å². The molecule has 0 aliphatic rings. The van der Waals surface area contributed by atoms with E-state index in [2.05, 4.69) is 0 Å². The molecule has 3 nitrogen and oxygen atoms in total. The number of carbonyl (C=O) groups is 1. The van der Waals surface area contributed by atoms with Gasteiger partial charge in [0.2, 0.25) is 0 Å². The molecule has 0 saturated carbocycles. The SMILES string of the molecule is CCOC(=O)c1cc(Cl)c(F)c(OCc2ccccc2)c1. The molecule has 0 bridgehead atoms. The molecule has 5 heteroatoms. The second kappa shape index (κ2) is 7.09. The Morgan fingerprint density at radius 2 is 1.95 bits per heavy atom. The smallest absolute Gasteiger partial charge is 0.338 e. The highest BCUT2D eigenvalue weighted by Crippen LogP contribution is 2.28. The number of hydrogen-bond donors (Lipinski definition) is 0. The average Bonchev–Trinajstić information content (AvgIpc) is 2.50. The highest BCUT2D eigenvalue weighted by molar-refractivity contribution is 6.31. The summed E-state index contributed by atoms with van der Waals surface area (Å²) < 4.78 is 24.2. The second-order valence-corrected chi connectivity index (χ2v) is 4.67. The highest BCUT2D eigenvalue weighted by Gasteiger charge is 2.16. The fourth-order valence-corrected chi connectivity index (χ4v) is 1.95. The van der Waals surface area contributed by atoms with Crippen molar-refractivity contribution < 1.29 is 18.7 Å². The summed E-state index contributed by atoms with van der Waals surface area (Å²) in [7, 11) is 0. The van der Waals surface area contributed by atoms with E-state index in [4.69, 9.17) is 21.1 Å². The van der Waals surface area contributed by atoms with Gasteiger partial charge in [0.05, 0.1) is 17.2 Å². The van der Waals surface area contributed by atoms with Gasteiger partial charge in [-0.25, -0.2) is 9.18 Å². The minimum atomic E-state index is -0.694. The monoisotopic (exact) mass is 308 g/mol. The minimum Gasteiger partial charge on any atom is -0.486 e. The molecule has 0 heterocycles. The lowest BCUT2D eigenvalue weighted by Gasteiger charge is -2.10. The maximum Gasteiger partial charge on any atom is 0.338 e. The van der Waals surface area contributed by atoms with E-state index in [9.17, 15) is 9.18 Å². The first-order valence-electron chi connectivity index (χ1n) is 6.44. The van der Waals surface area contributed by atoms with E-state index in [1.54, 1.807) is 6.92 Å². The lowest BCUT2D eigenvalue weighted by molar-refractivity contribution is 0.0525. The summed E-state index contributed by atoms with van der Waals surface area (Å²) in [4.78, 5) is 11.7. The van der Waals surface area contributed by atoms with Gasteiger partial charge < -0.3 is 9.47 Å². The number of rotatable bonds is 5. The van der Waals surface area contributed by atoms with E-state index < -0.39 is 11.8 Å². The van der Waals surface area contributed by atoms with Gasteiger partial charge >= 0.3 is 5.97 Å². The molecule has 0 spiro atoms. The summed E-state index contributed by atoms with van der Waals surface area (Å²) in [5.74, 6) is -1.33. The third-order valence-corrected chi connectivity index (χ3v) is 3.02. The molecular weight excluding hydrogens is 295 g/mol. The molecular formula is C16H14ClFO3. The first-order valence-corrected chi connectivity index (χ1v) is 6.82. The first kappa shape index (κ1) is 15.3. The lowest BCUT2D eigenvalue weighted by Crippen LogP contribution is -2.06. The fraction of sp³-hybridized carbons (Fsp3) is 0.188. The molecule has 2 rings (SSSR count). The molecule has 0 atom stereocenters. The minimum absolute atomic E-state index is 0.0746. The van der Waals surface area contributed by atoms with Crippen LogP contribution < -0.4 is 4.74 Å². The van der Waals surface area contributed by atoms with Crippen LogP contribution in [0, 0.1) is 5.82 Å². The zero-order valence-electron chi connectivity index (χ0n) is 11.4. The summed E-state index contributed by atoms with van der Waals surface area (Å²) in [6.07, 6.45) is 0. The molecule has 2 aromatic carbocycles. The van der Waals surface area contributed by atoms with Crippen LogP contribution in [0.5, 0.6) is 5.75 Å². The van der Waals surface area contributed by atoms with Crippen molar-refractivity contribution in [3.05, 3.63) is 64.4 Å². The van der Waals surface area contributed by atoms with Gasteiger partial charge in [0.1, 0.15) is 6.61 Å². The van der Waals surface area contributed by atoms with Gasteiger partial charge in [-0.15, -0.1) is 0 Å². The third-order valence-electron chi connectivity index (χ3n) is 2.74. The van der Waals surface area contributed by atoms with Crippen molar-refractivity contribution in [1.82, 2.24) is 0 Å². The van der Waals surface area contributed by atoms with E-state index >= 15 is 0 Å². The van der Waals surface area contributed by atoms with Crippen LogP contribution in [-0.2, 0) is 11.3 Å². The number of hydrogen-bond acceptors (Lipinski definition) is 3. The normalized spacial score (nSPS) is 10.2. The van der Waals surface area contributed by atoms with Crippen molar-refractivity contribution in [2.24, 2.45) is 0 Å². The van der Waals surface area contributed by atoms with Crippen molar-refractivity contribution >= 4 is 17.6 Å². The molecule has 0 radical (unpaired) electrons. The van der Waals surface area contributed by atoms with Gasteiger partial charge in [-0.05, 0) is 24.6 Å². The predicted octanol–water partition coefficient (Wildman–Crippen LogP) is 4.23. The van der Waals surface area contributed by atoms with Gasteiger partial charge in [0.15, 0.2) is 11.6 Å². The van der Waals surface area contributed by atoms with E-state index in [0.29, 0.717) is 0 Å². The van der Waals surface area contributed by atoms with E-state index in [-0.39, 0.29) is 29.5 Å².